The standard InChI is InChI=1S/C51H31NO/c53-49-37-19-5-10-24-43(37)50(39-20-6-1-15-33(39)34-16-2-7-21-40(34)50)46-31-32(29-30-38(46)49)52-47-27-13-11-25-44(47)51(45-26-12-14-28-48(45)52)41-22-8-3-17-35(41)36-18-4-9-23-42(36)51/h1-31H. The molecule has 0 atom stereocenters. The lowest BCUT2D eigenvalue weighted by molar-refractivity contribution is 0.103. The Morgan fingerprint density at radius 1 is 0.302 bits per heavy atom. The van der Waals surface area contributed by atoms with Gasteiger partial charge < -0.3 is 4.90 Å². The third-order valence-electron chi connectivity index (χ3n) is 12.5. The van der Waals surface area contributed by atoms with E-state index in [2.05, 4.69) is 181 Å². The molecule has 0 bridgehead atoms. The monoisotopic (exact) mass is 673 g/mol. The fourth-order valence-corrected chi connectivity index (χ4v) is 10.6. The Labute approximate surface area is 308 Å². The van der Waals surface area contributed by atoms with Gasteiger partial charge in [0.2, 0.25) is 0 Å². The average molecular weight is 674 g/mol. The maximum Gasteiger partial charge on any atom is 0.193 e. The number of carbonyl (C=O) groups excluding carboxylic acids is 1. The highest BCUT2D eigenvalue weighted by Crippen LogP contribution is 2.64. The number of carbonyl (C=O) groups is 1. The Balaban J connectivity index is 1.17. The van der Waals surface area contributed by atoms with Crippen molar-refractivity contribution in [2.24, 2.45) is 0 Å². The molecule has 8 aromatic rings. The van der Waals surface area contributed by atoms with E-state index in [-0.39, 0.29) is 5.78 Å². The zero-order valence-corrected chi connectivity index (χ0v) is 28.8. The molecule has 3 aliphatic carbocycles. The van der Waals surface area contributed by atoms with E-state index in [0.717, 1.165) is 39.3 Å². The van der Waals surface area contributed by atoms with Crippen LogP contribution in [0.4, 0.5) is 17.1 Å². The summed E-state index contributed by atoms with van der Waals surface area (Å²) < 4.78 is 0. The van der Waals surface area contributed by atoms with Crippen LogP contribution in [0.15, 0.2) is 188 Å². The first-order valence-electron chi connectivity index (χ1n) is 18.4. The van der Waals surface area contributed by atoms with Crippen LogP contribution in [-0.2, 0) is 10.8 Å². The van der Waals surface area contributed by atoms with Crippen molar-refractivity contribution >= 4 is 22.8 Å². The number of hydrogen-bond donors (Lipinski definition) is 0. The van der Waals surface area contributed by atoms with Crippen LogP contribution in [-0.4, -0.2) is 5.78 Å². The SMILES string of the molecule is O=C1c2ccccc2C2(c3cc(N4c5ccccc5C5(c6ccccc6-c6ccccc65)c5ccccc54)ccc31)c1ccccc1-c1ccccc12. The van der Waals surface area contributed by atoms with E-state index in [1.807, 2.05) is 12.1 Å². The van der Waals surface area contributed by atoms with Crippen molar-refractivity contribution in [3.63, 3.8) is 0 Å². The summed E-state index contributed by atoms with van der Waals surface area (Å²) >= 11 is 0. The summed E-state index contributed by atoms with van der Waals surface area (Å²) in [6, 6.07) is 68.1. The zero-order valence-electron chi connectivity index (χ0n) is 28.8. The van der Waals surface area contributed by atoms with E-state index in [1.54, 1.807) is 0 Å². The molecule has 8 aromatic carbocycles. The van der Waals surface area contributed by atoms with Crippen LogP contribution < -0.4 is 4.90 Å². The van der Waals surface area contributed by atoms with Crippen molar-refractivity contribution < 1.29 is 4.79 Å². The molecule has 4 aliphatic rings. The van der Waals surface area contributed by atoms with Gasteiger partial charge in [-0.15, -0.1) is 0 Å². The highest BCUT2D eigenvalue weighted by Gasteiger charge is 2.54. The molecule has 0 radical (unpaired) electrons. The summed E-state index contributed by atoms with van der Waals surface area (Å²) in [5.41, 5.74) is 18.4. The molecular formula is C51H31NO. The van der Waals surface area contributed by atoms with Gasteiger partial charge in [-0.3, -0.25) is 4.79 Å². The number of hydrogen-bond acceptors (Lipinski definition) is 2. The van der Waals surface area contributed by atoms with Crippen molar-refractivity contribution in [1.82, 2.24) is 0 Å². The van der Waals surface area contributed by atoms with E-state index in [1.165, 1.54) is 55.6 Å². The fraction of sp³-hybridized carbons (Fsp3) is 0.0392. The molecular weight excluding hydrogens is 643 g/mol. The molecule has 0 unspecified atom stereocenters. The van der Waals surface area contributed by atoms with E-state index in [9.17, 15) is 4.79 Å². The topological polar surface area (TPSA) is 20.3 Å². The second kappa shape index (κ2) is 10.2. The molecule has 53 heavy (non-hydrogen) atoms. The van der Waals surface area contributed by atoms with Crippen molar-refractivity contribution in [3.8, 4) is 22.3 Å². The molecule has 1 aliphatic heterocycles. The van der Waals surface area contributed by atoms with Crippen LogP contribution in [0, 0.1) is 0 Å². The first kappa shape index (κ1) is 28.9. The summed E-state index contributed by atoms with van der Waals surface area (Å²) in [6.07, 6.45) is 0. The van der Waals surface area contributed by atoms with Crippen molar-refractivity contribution in [2.45, 2.75) is 10.8 Å². The van der Waals surface area contributed by atoms with Gasteiger partial charge in [-0.25, -0.2) is 0 Å². The minimum absolute atomic E-state index is 0.0761. The van der Waals surface area contributed by atoms with Crippen molar-refractivity contribution in [1.29, 1.82) is 0 Å². The quantitative estimate of drug-likeness (QED) is 0.173. The van der Waals surface area contributed by atoms with Crippen LogP contribution in [0.1, 0.15) is 60.4 Å². The van der Waals surface area contributed by atoms with Gasteiger partial charge in [-0.1, -0.05) is 158 Å². The van der Waals surface area contributed by atoms with E-state index in [4.69, 9.17) is 0 Å². The predicted octanol–water partition coefficient (Wildman–Crippen LogP) is 11.7. The highest BCUT2D eigenvalue weighted by molar-refractivity contribution is 6.15. The molecule has 0 fully saturated rings. The van der Waals surface area contributed by atoms with E-state index in [0.29, 0.717) is 0 Å². The Bertz CT molecular complexity index is 2760. The van der Waals surface area contributed by atoms with Gasteiger partial charge in [0, 0.05) is 16.8 Å². The molecule has 2 heteroatoms. The number of fused-ring (bicyclic) bond motifs is 18. The first-order chi connectivity index (χ1) is 26.2. The van der Waals surface area contributed by atoms with Gasteiger partial charge in [0.1, 0.15) is 0 Å². The molecule has 0 N–H and O–H groups in total. The zero-order chi connectivity index (χ0) is 34.9. The molecule has 1 heterocycles. The average Bonchev–Trinajstić information content (AvgIpc) is 3.69. The number of benzene rings is 8. The minimum Gasteiger partial charge on any atom is -0.310 e. The number of para-hydroxylation sites is 2. The summed E-state index contributed by atoms with van der Waals surface area (Å²) in [5.74, 6) is 0.0761. The van der Waals surface area contributed by atoms with Crippen LogP contribution in [0.3, 0.4) is 0 Å². The van der Waals surface area contributed by atoms with Crippen LogP contribution >= 0.6 is 0 Å². The maximum absolute atomic E-state index is 14.5. The lowest BCUT2D eigenvalue weighted by Crippen LogP contribution is -2.38. The van der Waals surface area contributed by atoms with Gasteiger partial charge >= 0.3 is 0 Å². The number of anilines is 3. The molecule has 0 aromatic heterocycles. The molecule has 0 amide bonds. The third kappa shape index (κ3) is 3.33. The first-order valence-corrected chi connectivity index (χ1v) is 18.4. The fourth-order valence-electron chi connectivity index (χ4n) is 10.6. The van der Waals surface area contributed by atoms with Gasteiger partial charge in [0.15, 0.2) is 5.78 Å². The smallest absolute Gasteiger partial charge is 0.193 e. The van der Waals surface area contributed by atoms with Crippen LogP contribution in [0.5, 0.6) is 0 Å². The molecule has 0 saturated heterocycles. The Hall–Kier alpha value is -6.77. The van der Waals surface area contributed by atoms with Gasteiger partial charge in [-0.05, 0) is 97.1 Å². The van der Waals surface area contributed by atoms with E-state index >= 15 is 0 Å². The molecule has 0 saturated carbocycles. The lowest BCUT2D eigenvalue weighted by Gasteiger charge is -2.45. The summed E-state index contributed by atoms with van der Waals surface area (Å²) in [4.78, 5) is 17.0. The van der Waals surface area contributed by atoms with Gasteiger partial charge in [0.25, 0.3) is 0 Å². The molecule has 12 rings (SSSR count). The maximum atomic E-state index is 14.5. The minimum atomic E-state index is -0.650. The third-order valence-corrected chi connectivity index (χ3v) is 12.5. The Kier molecular flexibility index (Phi) is 5.55. The predicted molar refractivity (Wildman–Crippen MR) is 213 cm³/mol. The second-order valence-electron chi connectivity index (χ2n) is 14.7. The summed E-state index contributed by atoms with van der Waals surface area (Å²) in [5, 5.41) is 0. The normalized spacial score (nSPS) is 15.5. The number of ketones is 1. The number of rotatable bonds is 1. The summed E-state index contributed by atoms with van der Waals surface area (Å²) in [6.45, 7) is 0. The molecule has 246 valence electrons. The van der Waals surface area contributed by atoms with Crippen molar-refractivity contribution in [3.05, 3.63) is 244 Å². The van der Waals surface area contributed by atoms with E-state index < -0.39 is 10.8 Å². The highest BCUT2D eigenvalue weighted by atomic mass is 16.1. The summed E-state index contributed by atoms with van der Waals surface area (Å²) in [7, 11) is 0. The lowest BCUT2D eigenvalue weighted by atomic mass is 9.61. The largest absolute Gasteiger partial charge is 0.310 e. The Morgan fingerprint density at radius 3 is 1.08 bits per heavy atom. The van der Waals surface area contributed by atoms with Gasteiger partial charge in [-0.2, -0.15) is 0 Å². The number of nitrogens with zero attached hydrogens (tertiary/aromatic N) is 1. The van der Waals surface area contributed by atoms with Crippen molar-refractivity contribution in [2.75, 3.05) is 4.90 Å². The van der Waals surface area contributed by atoms with Crippen LogP contribution in [0.25, 0.3) is 22.3 Å². The van der Waals surface area contributed by atoms with Gasteiger partial charge in [0.05, 0.1) is 22.2 Å². The Morgan fingerprint density at radius 2 is 0.623 bits per heavy atom. The second-order valence-corrected chi connectivity index (χ2v) is 14.7. The molecule has 2 nitrogen and oxygen atoms in total. The van der Waals surface area contributed by atoms with Crippen LogP contribution in [0.2, 0.25) is 0 Å². The molecule has 2 spiro atoms.